The van der Waals surface area contributed by atoms with Gasteiger partial charge in [-0.25, -0.2) is 4.39 Å². The van der Waals surface area contributed by atoms with Crippen LogP contribution < -0.4 is 10.6 Å². The van der Waals surface area contributed by atoms with E-state index >= 15 is 0 Å². The van der Waals surface area contributed by atoms with Gasteiger partial charge in [0.2, 0.25) is 11.8 Å². The summed E-state index contributed by atoms with van der Waals surface area (Å²) in [4.78, 5) is 25.1. The Kier molecular flexibility index (Phi) is 4.57. The van der Waals surface area contributed by atoms with Gasteiger partial charge >= 0.3 is 0 Å². The predicted octanol–water partition coefficient (Wildman–Crippen LogP) is 4.68. The molecule has 1 aromatic rings. The highest BCUT2D eigenvalue weighted by Crippen LogP contribution is 2.65. The van der Waals surface area contributed by atoms with Crippen LogP contribution in [0.4, 0.5) is 10.1 Å². The maximum absolute atomic E-state index is 14.1. The second-order valence-corrected chi connectivity index (χ2v) is 10.4. The van der Waals surface area contributed by atoms with E-state index in [0.717, 1.165) is 38.5 Å². The number of benzene rings is 1. The lowest BCUT2D eigenvalue weighted by Gasteiger charge is -2.58. The molecular formula is C25H31FN2O2. The molecule has 4 nitrogen and oxygen atoms in total. The van der Waals surface area contributed by atoms with Crippen LogP contribution in [0.2, 0.25) is 0 Å². The molecule has 5 heteroatoms. The third kappa shape index (κ3) is 2.84. The van der Waals surface area contributed by atoms with E-state index in [2.05, 4.69) is 30.6 Å². The topological polar surface area (TPSA) is 58.2 Å². The molecule has 160 valence electrons. The van der Waals surface area contributed by atoms with Gasteiger partial charge in [0, 0.05) is 17.4 Å². The molecule has 1 heterocycles. The quantitative estimate of drug-likeness (QED) is 0.744. The number of hydrogen-bond donors (Lipinski definition) is 2. The number of anilines is 1. The number of hydrogen-bond acceptors (Lipinski definition) is 2. The Bertz CT molecular complexity index is 914. The Balaban J connectivity index is 1.38. The smallest absolute Gasteiger partial charge is 0.243 e. The third-order valence-electron chi connectivity index (χ3n) is 9.13. The molecule has 30 heavy (non-hydrogen) atoms. The maximum Gasteiger partial charge on any atom is 0.243 e. The SMILES string of the molecule is C[C@]12C=CC(=O)NC1CCC1C2CC[C@]2(C)C(C(=O)Nc3ccccc3F)CCC12. The van der Waals surface area contributed by atoms with Crippen molar-refractivity contribution in [2.75, 3.05) is 5.32 Å². The van der Waals surface area contributed by atoms with Crippen LogP contribution >= 0.6 is 0 Å². The fourth-order valence-electron chi connectivity index (χ4n) is 7.55. The van der Waals surface area contributed by atoms with Gasteiger partial charge in [-0.15, -0.1) is 0 Å². The molecule has 1 aliphatic heterocycles. The summed E-state index contributed by atoms with van der Waals surface area (Å²) < 4.78 is 14.1. The zero-order valence-corrected chi connectivity index (χ0v) is 17.8. The number of rotatable bonds is 2. The molecule has 5 rings (SSSR count). The summed E-state index contributed by atoms with van der Waals surface area (Å²) >= 11 is 0. The van der Waals surface area contributed by atoms with Crippen molar-refractivity contribution >= 4 is 17.5 Å². The molecular weight excluding hydrogens is 379 g/mol. The minimum atomic E-state index is -0.383. The Labute approximate surface area is 177 Å². The summed E-state index contributed by atoms with van der Waals surface area (Å²) in [6.07, 6.45) is 10.0. The zero-order chi connectivity index (χ0) is 21.1. The van der Waals surface area contributed by atoms with Crippen molar-refractivity contribution in [3.63, 3.8) is 0 Å². The van der Waals surface area contributed by atoms with Gasteiger partial charge in [0.1, 0.15) is 5.82 Å². The number of amides is 2. The normalized spacial score (nSPS) is 42.0. The molecule has 5 unspecified atom stereocenters. The number of carbonyl (C=O) groups is 2. The standard InChI is InChI=1S/C25H31FN2O2/c1-24-13-11-17-15(7-10-21-25(17,2)14-12-22(29)28-21)16(24)8-9-18(24)23(30)27-20-6-4-3-5-19(20)26/h3-6,12,14-18,21H,7-11,13H2,1-2H3,(H,27,30)(H,28,29)/t15?,16?,17?,18?,21?,24-,25+/m0/s1. The molecule has 3 aliphatic carbocycles. The summed E-state index contributed by atoms with van der Waals surface area (Å²) in [6.45, 7) is 4.60. The second-order valence-electron chi connectivity index (χ2n) is 10.4. The van der Waals surface area contributed by atoms with Gasteiger partial charge in [0.25, 0.3) is 0 Å². The first kappa shape index (κ1) is 19.8. The van der Waals surface area contributed by atoms with E-state index in [1.54, 1.807) is 24.3 Å². The molecule has 0 aromatic heterocycles. The highest BCUT2D eigenvalue weighted by molar-refractivity contribution is 5.93. The van der Waals surface area contributed by atoms with Crippen molar-refractivity contribution in [2.45, 2.75) is 58.4 Å². The monoisotopic (exact) mass is 410 g/mol. The summed E-state index contributed by atoms with van der Waals surface area (Å²) in [5.41, 5.74) is 0.242. The molecule has 0 radical (unpaired) electrons. The summed E-state index contributed by atoms with van der Waals surface area (Å²) in [5, 5.41) is 6.06. The van der Waals surface area contributed by atoms with E-state index in [0.29, 0.717) is 17.8 Å². The van der Waals surface area contributed by atoms with E-state index in [-0.39, 0.29) is 46.1 Å². The summed E-state index contributed by atoms with van der Waals surface area (Å²) in [7, 11) is 0. The van der Waals surface area contributed by atoms with E-state index < -0.39 is 0 Å². The molecule has 2 N–H and O–H groups in total. The molecule has 3 saturated carbocycles. The maximum atomic E-state index is 14.1. The van der Waals surface area contributed by atoms with Gasteiger partial charge in [-0.2, -0.15) is 0 Å². The lowest BCUT2D eigenvalue weighted by atomic mass is 9.48. The predicted molar refractivity (Wildman–Crippen MR) is 114 cm³/mol. The first-order chi connectivity index (χ1) is 14.3. The van der Waals surface area contributed by atoms with Crippen LogP contribution in [0.5, 0.6) is 0 Å². The average molecular weight is 411 g/mol. The minimum absolute atomic E-state index is 0.00562. The lowest BCUT2D eigenvalue weighted by molar-refractivity contribution is -0.129. The van der Waals surface area contributed by atoms with Gasteiger partial charge < -0.3 is 10.6 Å². The highest BCUT2D eigenvalue weighted by Gasteiger charge is 2.60. The lowest BCUT2D eigenvalue weighted by Crippen LogP contribution is -2.59. The van der Waals surface area contributed by atoms with E-state index in [1.165, 1.54) is 6.07 Å². The van der Waals surface area contributed by atoms with Crippen LogP contribution in [-0.4, -0.2) is 17.9 Å². The van der Waals surface area contributed by atoms with E-state index in [4.69, 9.17) is 0 Å². The first-order valence-electron chi connectivity index (χ1n) is 11.4. The molecule has 2 amide bonds. The molecule has 4 aliphatic rings. The summed E-state index contributed by atoms with van der Waals surface area (Å²) in [6, 6.07) is 6.62. The minimum Gasteiger partial charge on any atom is -0.349 e. The van der Waals surface area contributed by atoms with Gasteiger partial charge in [-0.3, -0.25) is 9.59 Å². The van der Waals surface area contributed by atoms with Crippen LogP contribution in [0, 0.1) is 40.3 Å². The number of carbonyl (C=O) groups excluding carboxylic acids is 2. The van der Waals surface area contributed by atoms with Gasteiger partial charge in [-0.1, -0.05) is 32.1 Å². The first-order valence-corrected chi connectivity index (χ1v) is 11.4. The Morgan fingerprint density at radius 2 is 1.90 bits per heavy atom. The highest BCUT2D eigenvalue weighted by atomic mass is 19.1. The third-order valence-corrected chi connectivity index (χ3v) is 9.13. The van der Waals surface area contributed by atoms with Gasteiger partial charge in [-0.05, 0) is 79.9 Å². The zero-order valence-electron chi connectivity index (χ0n) is 17.8. The van der Waals surface area contributed by atoms with E-state index in [1.807, 2.05) is 0 Å². The number of fused-ring (bicyclic) bond motifs is 5. The summed E-state index contributed by atoms with van der Waals surface area (Å²) in [5.74, 6) is 1.17. The van der Waals surface area contributed by atoms with Gasteiger partial charge in [0.15, 0.2) is 0 Å². The van der Waals surface area contributed by atoms with E-state index in [9.17, 15) is 14.0 Å². The molecule has 0 saturated heterocycles. The average Bonchev–Trinajstić information content (AvgIpc) is 3.07. The molecule has 0 bridgehead atoms. The largest absolute Gasteiger partial charge is 0.349 e. The van der Waals surface area contributed by atoms with Crippen molar-refractivity contribution in [3.05, 3.63) is 42.2 Å². The van der Waals surface area contributed by atoms with Crippen molar-refractivity contribution in [3.8, 4) is 0 Å². The van der Waals surface area contributed by atoms with Crippen LogP contribution in [0.3, 0.4) is 0 Å². The van der Waals surface area contributed by atoms with Crippen LogP contribution in [0.1, 0.15) is 52.4 Å². The Morgan fingerprint density at radius 1 is 1.10 bits per heavy atom. The Morgan fingerprint density at radius 3 is 2.70 bits per heavy atom. The van der Waals surface area contributed by atoms with Crippen LogP contribution in [0.25, 0.3) is 0 Å². The van der Waals surface area contributed by atoms with Crippen LogP contribution in [0.15, 0.2) is 36.4 Å². The number of nitrogens with one attached hydrogen (secondary N) is 2. The molecule has 0 spiro atoms. The van der Waals surface area contributed by atoms with Crippen molar-refractivity contribution in [1.82, 2.24) is 5.32 Å². The molecule has 1 aromatic carbocycles. The van der Waals surface area contributed by atoms with Crippen molar-refractivity contribution in [2.24, 2.45) is 34.5 Å². The van der Waals surface area contributed by atoms with Crippen molar-refractivity contribution < 1.29 is 14.0 Å². The fraction of sp³-hybridized carbons (Fsp3) is 0.600. The Hall–Kier alpha value is -2.17. The molecule has 7 atom stereocenters. The number of para-hydroxylation sites is 1. The van der Waals surface area contributed by atoms with Crippen LogP contribution in [-0.2, 0) is 9.59 Å². The van der Waals surface area contributed by atoms with Crippen molar-refractivity contribution in [1.29, 1.82) is 0 Å². The fourth-order valence-corrected chi connectivity index (χ4v) is 7.55. The molecule has 3 fully saturated rings. The van der Waals surface area contributed by atoms with Gasteiger partial charge in [0.05, 0.1) is 5.69 Å². The number of halogens is 1. The second kappa shape index (κ2) is 6.93.